The van der Waals surface area contributed by atoms with Crippen LogP contribution in [0.5, 0.6) is 0 Å². The number of fused-ring (bicyclic) bond motifs is 1. The largest absolute Gasteiger partial charge is 0.453 e. The molecule has 9 rings (SSSR count). The van der Waals surface area contributed by atoms with Crippen molar-refractivity contribution in [1.29, 1.82) is 0 Å². The van der Waals surface area contributed by atoms with Gasteiger partial charge in [0.1, 0.15) is 17.7 Å². The number of alkyl carbamates (subject to hydrolysis) is 1. The number of aryl methyl sites for hydroxylation is 1. The molecular weight excluding hydrogens is 789 g/mol. The number of aromatic amines is 2. The van der Waals surface area contributed by atoms with Crippen LogP contribution in [0.15, 0.2) is 84.2 Å². The van der Waals surface area contributed by atoms with Gasteiger partial charge in [0.25, 0.3) is 0 Å². The molecule has 62 heavy (non-hydrogen) atoms. The van der Waals surface area contributed by atoms with Crippen molar-refractivity contribution >= 4 is 46.9 Å². The number of anilines is 1. The standard InChI is InChI=1S/C46H46N10O6/c1-25(2)39(54-46(60)62-4)44(58)55-18-6-9-37(55)41-48-24-36(53-41)29-16-17-32-33(19-29)47-22-34(51-32)26-10-12-27(13-11-26)35-23-49-42(52-35)38-20-30-8-5-7-28-14-15-31(21-50-45(59)61-3)43(57)56(38)40(28)30/h5,7-8,10-13,16-17,19,21-25,31,37-39H,6,9,14-15,18,20H2,1-4H3,(H,48,53)(H,49,52)(H,54,60)/b50-21+/t31?,37-,38-,39-/m0/s1. The number of aromatic nitrogens is 6. The van der Waals surface area contributed by atoms with Gasteiger partial charge < -0.3 is 34.6 Å². The van der Waals surface area contributed by atoms with Gasteiger partial charge in [-0.3, -0.25) is 14.6 Å². The fourth-order valence-electron chi connectivity index (χ4n) is 8.85. The summed E-state index contributed by atoms with van der Waals surface area (Å²) in [6.45, 7) is 4.36. The molecule has 316 valence electrons. The lowest BCUT2D eigenvalue weighted by Crippen LogP contribution is -2.51. The Kier molecular flexibility index (Phi) is 10.8. The topological polar surface area (TPSA) is 201 Å². The van der Waals surface area contributed by atoms with E-state index in [1.807, 2.05) is 67.3 Å². The summed E-state index contributed by atoms with van der Waals surface area (Å²) in [5, 5.41) is 2.69. The second-order valence-corrected chi connectivity index (χ2v) is 16.2. The lowest BCUT2D eigenvalue weighted by molar-refractivity contribution is -0.135. The van der Waals surface area contributed by atoms with Crippen molar-refractivity contribution < 1.29 is 28.7 Å². The number of hydrogen-bond acceptors (Lipinski definition) is 10. The van der Waals surface area contributed by atoms with Crippen LogP contribution in [0.25, 0.3) is 44.8 Å². The second-order valence-electron chi connectivity index (χ2n) is 16.2. The summed E-state index contributed by atoms with van der Waals surface area (Å²) < 4.78 is 9.43. The first-order valence-corrected chi connectivity index (χ1v) is 20.8. The van der Waals surface area contributed by atoms with Gasteiger partial charge in [-0.05, 0) is 60.4 Å². The Hall–Kier alpha value is -7.23. The molecule has 16 nitrogen and oxygen atoms in total. The molecule has 1 saturated heterocycles. The molecule has 0 radical (unpaired) electrons. The minimum atomic E-state index is -0.735. The predicted molar refractivity (Wildman–Crippen MR) is 231 cm³/mol. The first kappa shape index (κ1) is 40.2. The summed E-state index contributed by atoms with van der Waals surface area (Å²) in [7, 11) is 2.55. The maximum atomic E-state index is 14.0. The average Bonchev–Trinajstić information content (AvgIpc) is 4.13. The van der Waals surface area contributed by atoms with Gasteiger partial charge in [-0.25, -0.2) is 24.5 Å². The third-order valence-electron chi connectivity index (χ3n) is 12.1. The first-order valence-electron chi connectivity index (χ1n) is 20.8. The molecule has 0 bridgehead atoms. The summed E-state index contributed by atoms with van der Waals surface area (Å²) in [5.74, 6) is 0.398. The Morgan fingerprint density at radius 2 is 1.55 bits per heavy atom. The van der Waals surface area contributed by atoms with Crippen LogP contribution in [-0.2, 0) is 31.9 Å². The van der Waals surface area contributed by atoms with E-state index in [-0.39, 0.29) is 29.8 Å². The third kappa shape index (κ3) is 7.56. The Bertz CT molecular complexity index is 2720. The Balaban J connectivity index is 0.895. The quantitative estimate of drug-likeness (QED) is 0.126. The van der Waals surface area contributed by atoms with Crippen LogP contribution in [-0.4, -0.2) is 91.8 Å². The number of imidazole rings is 2. The van der Waals surface area contributed by atoms with E-state index < -0.39 is 24.1 Å². The Labute approximate surface area is 357 Å². The van der Waals surface area contributed by atoms with Crippen LogP contribution in [0.4, 0.5) is 15.3 Å². The van der Waals surface area contributed by atoms with Crippen molar-refractivity contribution in [1.82, 2.24) is 40.1 Å². The molecule has 16 heteroatoms. The van der Waals surface area contributed by atoms with E-state index in [1.165, 1.54) is 20.4 Å². The highest BCUT2D eigenvalue weighted by Crippen LogP contribution is 2.45. The molecule has 3 N–H and O–H groups in total. The van der Waals surface area contributed by atoms with Crippen LogP contribution in [0, 0.1) is 11.8 Å². The summed E-state index contributed by atoms with van der Waals surface area (Å²) in [5.41, 5.74) is 9.62. The lowest BCUT2D eigenvalue weighted by atomic mass is 9.98. The molecule has 0 saturated carbocycles. The van der Waals surface area contributed by atoms with Crippen molar-refractivity contribution in [3.63, 3.8) is 0 Å². The zero-order chi connectivity index (χ0) is 43.1. The second kappa shape index (κ2) is 16.7. The van der Waals surface area contributed by atoms with Crippen molar-refractivity contribution in [3.05, 3.63) is 102 Å². The smallest absolute Gasteiger partial charge is 0.432 e. The molecule has 6 aromatic rings. The number of H-pyrrole nitrogens is 2. The number of nitrogens with one attached hydrogen (secondary N) is 3. The number of aliphatic imine (C=N–C) groups is 1. The van der Waals surface area contributed by atoms with Crippen molar-refractivity contribution in [3.8, 4) is 33.8 Å². The summed E-state index contributed by atoms with van der Waals surface area (Å²) in [6, 6.07) is 18.7. The lowest BCUT2D eigenvalue weighted by Gasteiger charge is -2.30. The monoisotopic (exact) mass is 834 g/mol. The minimum absolute atomic E-state index is 0.120. The number of amides is 4. The van der Waals surface area contributed by atoms with E-state index in [1.54, 1.807) is 23.5 Å². The van der Waals surface area contributed by atoms with E-state index in [2.05, 4.69) is 42.1 Å². The Morgan fingerprint density at radius 1 is 0.839 bits per heavy atom. The molecular formula is C46H46N10O6. The molecule has 4 amide bonds. The number of rotatable bonds is 9. The van der Waals surface area contributed by atoms with E-state index in [0.717, 1.165) is 74.5 Å². The van der Waals surface area contributed by atoms with Crippen molar-refractivity contribution in [2.24, 2.45) is 16.8 Å². The molecule has 0 spiro atoms. The van der Waals surface area contributed by atoms with Gasteiger partial charge in [-0.1, -0.05) is 62.4 Å². The molecule has 1 unspecified atom stereocenters. The average molecular weight is 835 g/mol. The fraction of sp³-hybridized carbons (Fsp3) is 0.326. The van der Waals surface area contributed by atoms with E-state index in [9.17, 15) is 19.2 Å². The number of carbonyl (C=O) groups is 4. The van der Waals surface area contributed by atoms with Crippen LogP contribution >= 0.6 is 0 Å². The number of ether oxygens (including phenoxy) is 2. The number of para-hydroxylation sites is 1. The van der Waals surface area contributed by atoms with Crippen LogP contribution < -0.4 is 10.2 Å². The highest BCUT2D eigenvalue weighted by Gasteiger charge is 2.42. The zero-order valence-electron chi connectivity index (χ0n) is 34.8. The summed E-state index contributed by atoms with van der Waals surface area (Å²) in [4.78, 5) is 84.9. The third-order valence-corrected chi connectivity index (χ3v) is 12.1. The number of hydrogen-bond donors (Lipinski definition) is 3. The minimum Gasteiger partial charge on any atom is -0.453 e. The van der Waals surface area contributed by atoms with Gasteiger partial charge in [0.05, 0.1) is 84.6 Å². The first-order chi connectivity index (χ1) is 30.1. The summed E-state index contributed by atoms with van der Waals surface area (Å²) in [6.07, 6.45) is 8.79. The molecule has 3 aromatic heterocycles. The summed E-state index contributed by atoms with van der Waals surface area (Å²) >= 11 is 0. The molecule has 3 aliphatic heterocycles. The van der Waals surface area contributed by atoms with Crippen LogP contribution in [0.3, 0.4) is 0 Å². The maximum absolute atomic E-state index is 14.0. The fourth-order valence-corrected chi connectivity index (χ4v) is 8.85. The Morgan fingerprint density at radius 3 is 2.29 bits per heavy atom. The molecule has 6 heterocycles. The zero-order valence-corrected chi connectivity index (χ0v) is 34.8. The number of methoxy groups -OCH3 is 2. The van der Waals surface area contributed by atoms with Crippen molar-refractivity contribution in [2.75, 3.05) is 25.7 Å². The SMILES string of the molecule is COC(=O)/N=C/C1CCc2cccc3c2N(C1=O)[C@H](c1ncc(-c2ccc(-c4cnc5cc(-c6cnc([C@@H]7CCCN7C(=O)[C@@H](NC(=O)OC)C(C)C)[nH]6)ccc5n4)cc2)[nH]1)C3. The van der Waals surface area contributed by atoms with Gasteiger partial charge in [-0.15, -0.1) is 0 Å². The van der Waals surface area contributed by atoms with E-state index in [4.69, 9.17) is 19.7 Å². The number of benzene rings is 3. The van der Waals surface area contributed by atoms with Gasteiger partial charge in [-0.2, -0.15) is 4.99 Å². The van der Waals surface area contributed by atoms with Gasteiger partial charge in [0, 0.05) is 30.3 Å². The van der Waals surface area contributed by atoms with Crippen molar-refractivity contribution in [2.45, 2.75) is 64.1 Å². The predicted octanol–water partition coefficient (Wildman–Crippen LogP) is 7.15. The number of carbonyl (C=O) groups excluding carboxylic acids is 4. The molecule has 4 atom stereocenters. The van der Waals surface area contributed by atoms with E-state index >= 15 is 0 Å². The normalized spacial score (nSPS) is 18.9. The highest BCUT2D eigenvalue weighted by molar-refractivity contribution is 6.07. The van der Waals surface area contributed by atoms with Gasteiger partial charge in [0.2, 0.25) is 11.8 Å². The number of likely N-dealkylation sites (tertiary alicyclic amines) is 1. The van der Waals surface area contributed by atoms with Crippen LogP contribution in [0.2, 0.25) is 0 Å². The van der Waals surface area contributed by atoms with Gasteiger partial charge in [0.15, 0.2) is 0 Å². The highest BCUT2D eigenvalue weighted by atomic mass is 16.5. The van der Waals surface area contributed by atoms with Gasteiger partial charge >= 0.3 is 12.2 Å². The maximum Gasteiger partial charge on any atom is 0.432 e. The molecule has 3 aromatic carbocycles. The molecule has 3 aliphatic rings. The molecule has 0 aliphatic carbocycles. The van der Waals surface area contributed by atoms with E-state index in [0.29, 0.717) is 37.5 Å². The molecule has 1 fully saturated rings. The van der Waals surface area contributed by atoms with Crippen LogP contribution in [0.1, 0.15) is 68.0 Å². The number of nitrogens with zero attached hydrogens (tertiary/aromatic N) is 7.